The zero-order valence-electron chi connectivity index (χ0n) is 26.6. The molecule has 238 valence electrons. The molecule has 0 atom stereocenters. The third kappa shape index (κ3) is 6.15. The minimum atomic E-state index is -0.741. The third-order valence-electron chi connectivity index (χ3n) is 11.6. The Labute approximate surface area is 270 Å². The Hall–Kier alpha value is -3.26. The number of aryl methyl sites for hydroxylation is 1. The molecule has 5 saturated carbocycles. The molecule has 7 nitrogen and oxygen atoms in total. The van der Waals surface area contributed by atoms with Crippen molar-refractivity contribution >= 4 is 29.0 Å². The highest BCUT2D eigenvalue weighted by Gasteiger charge is 2.51. The van der Waals surface area contributed by atoms with E-state index in [4.69, 9.17) is 14.7 Å². The van der Waals surface area contributed by atoms with Gasteiger partial charge in [-0.2, -0.15) is 0 Å². The van der Waals surface area contributed by atoms with E-state index in [9.17, 15) is 14.7 Å². The first-order valence-electron chi connectivity index (χ1n) is 16.9. The van der Waals surface area contributed by atoms with E-state index in [-0.39, 0.29) is 35.0 Å². The van der Waals surface area contributed by atoms with Crippen molar-refractivity contribution in [3.63, 3.8) is 0 Å². The van der Waals surface area contributed by atoms with E-state index in [0.717, 1.165) is 86.2 Å². The van der Waals surface area contributed by atoms with E-state index < -0.39 is 5.97 Å². The van der Waals surface area contributed by atoms with Crippen molar-refractivity contribution in [3.8, 4) is 16.2 Å². The summed E-state index contributed by atoms with van der Waals surface area (Å²) in [6.45, 7) is 2.83. The van der Waals surface area contributed by atoms with Gasteiger partial charge in [-0.3, -0.25) is 14.5 Å². The number of pyridine rings is 1. The Balaban J connectivity index is 1.13. The molecule has 5 aliphatic carbocycles. The van der Waals surface area contributed by atoms with E-state index >= 15 is 0 Å². The number of aromatic nitrogens is 2. The Bertz CT molecular complexity index is 1550. The molecule has 0 aliphatic heterocycles. The SMILES string of the molecule is COc1ccc(C23CCC(CN(C(=O)C4CCC(CC(=O)O)CC4)c4cc(-c5cnc(C6CC6)s5)ccn4)(CC2)CC3)cc1C. The maximum atomic E-state index is 14.5. The van der Waals surface area contributed by atoms with Crippen LogP contribution in [0.1, 0.15) is 106 Å². The molecule has 2 bridgehead atoms. The number of carboxylic acids is 1. The molecule has 0 unspecified atom stereocenters. The highest BCUT2D eigenvalue weighted by Crippen LogP contribution is 2.58. The van der Waals surface area contributed by atoms with Crippen molar-refractivity contribution in [3.05, 3.63) is 58.9 Å². The first kappa shape index (κ1) is 30.4. The number of amides is 1. The van der Waals surface area contributed by atoms with Crippen LogP contribution in [-0.2, 0) is 15.0 Å². The average molecular weight is 628 g/mol. The lowest BCUT2D eigenvalue weighted by Gasteiger charge is -2.55. The van der Waals surface area contributed by atoms with Gasteiger partial charge in [-0.05, 0) is 136 Å². The van der Waals surface area contributed by atoms with E-state index in [1.807, 2.05) is 23.4 Å². The number of methoxy groups -OCH3 is 1. The fourth-order valence-corrected chi connectivity index (χ4v) is 9.57. The van der Waals surface area contributed by atoms with Gasteiger partial charge in [0.1, 0.15) is 11.6 Å². The van der Waals surface area contributed by atoms with Crippen LogP contribution < -0.4 is 9.64 Å². The van der Waals surface area contributed by atoms with Crippen LogP contribution in [0.5, 0.6) is 5.75 Å². The van der Waals surface area contributed by atoms with Crippen LogP contribution >= 0.6 is 11.3 Å². The van der Waals surface area contributed by atoms with Crippen LogP contribution in [-0.4, -0.2) is 40.6 Å². The minimum Gasteiger partial charge on any atom is -0.496 e. The molecule has 8 rings (SSSR count). The molecule has 8 heteroatoms. The van der Waals surface area contributed by atoms with E-state index in [2.05, 4.69) is 31.2 Å². The van der Waals surface area contributed by atoms with Crippen molar-refractivity contribution in [1.29, 1.82) is 0 Å². The zero-order valence-corrected chi connectivity index (χ0v) is 27.4. The lowest BCUT2D eigenvalue weighted by Crippen LogP contribution is -2.52. The van der Waals surface area contributed by atoms with Gasteiger partial charge in [-0.25, -0.2) is 9.97 Å². The second-order valence-corrected chi connectivity index (χ2v) is 15.5. The molecule has 5 fully saturated rings. The summed E-state index contributed by atoms with van der Waals surface area (Å²) in [6, 6.07) is 10.9. The van der Waals surface area contributed by atoms with Gasteiger partial charge in [0.05, 0.1) is 17.0 Å². The molecule has 2 heterocycles. The Morgan fingerprint density at radius 3 is 2.36 bits per heavy atom. The predicted molar refractivity (Wildman–Crippen MR) is 177 cm³/mol. The Kier molecular flexibility index (Phi) is 8.21. The van der Waals surface area contributed by atoms with Crippen molar-refractivity contribution in [2.45, 2.75) is 102 Å². The van der Waals surface area contributed by atoms with Crippen LogP contribution in [0.25, 0.3) is 10.4 Å². The first-order chi connectivity index (χ1) is 21.8. The third-order valence-corrected chi connectivity index (χ3v) is 12.8. The summed E-state index contributed by atoms with van der Waals surface area (Å²) in [4.78, 5) is 38.5. The molecule has 0 radical (unpaired) electrons. The molecule has 0 saturated heterocycles. The molecule has 0 spiro atoms. The number of rotatable bonds is 10. The fraction of sp³-hybridized carbons (Fsp3) is 0.568. The quantitative estimate of drug-likeness (QED) is 0.243. The second-order valence-electron chi connectivity index (χ2n) is 14.4. The lowest BCUT2D eigenvalue weighted by molar-refractivity contribution is -0.138. The highest BCUT2D eigenvalue weighted by molar-refractivity contribution is 7.15. The monoisotopic (exact) mass is 627 g/mol. The summed E-state index contributed by atoms with van der Waals surface area (Å²) >= 11 is 1.77. The van der Waals surface area contributed by atoms with Crippen molar-refractivity contribution in [1.82, 2.24) is 9.97 Å². The molecule has 5 aliphatic rings. The largest absolute Gasteiger partial charge is 0.496 e. The number of nitrogens with zero attached hydrogens (tertiary/aromatic N) is 3. The highest BCUT2D eigenvalue weighted by atomic mass is 32.1. The molecular weight excluding hydrogens is 582 g/mol. The predicted octanol–water partition coefficient (Wildman–Crippen LogP) is 8.31. The molecule has 3 aromatic rings. The van der Waals surface area contributed by atoms with Crippen LogP contribution in [0.15, 0.2) is 42.7 Å². The molecule has 1 aromatic carbocycles. The van der Waals surface area contributed by atoms with Gasteiger partial charge in [0.2, 0.25) is 5.91 Å². The number of ether oxygens (including phenoxy) is 1. The number of aliphatic carboxylic acids is 1. The number of carbonyl (C=O) groups is 2. The first-order valence-corrected chi connectivity index (χ1v) is 17.7. The summed E-state index contributed by atoms with van der Waals surface area (Å²) in [6.07, 6.45) is 16.3. The number of carboxylic acid groups (broad SMARTS) is 1. The van der Waals surface area contributed by atoms with Gasteiger partial charge in [0.15, 0.2) is 0 Å². The number of anilines is 1. The molecule has 2 aromatic heterocycles. The Morgan fingerprint density at radius 1 is 0.978 bits per heavy atom. The molecular formula is C37H45N3O4S. The summed E-state index contributed by atoms with van der Waals surface area (Å²) in [7, 11) is 1.73. The average Bonchev–Trinajstić information content (AvgIpc) is 3.80. The van der Waals surface area contributed by atoms with Crippen molar-refractivity contribution < 1.29 is 19.4 Å². The lowest BCUT2D eigenvalue weighted by atomic mass is 9.51. The van der Waals surface area contributed by atoms with Crippen LogP contribution in [0, 0.1) is 24.2 Å². The number of thiazole rings is 1. The number of carbonyl (C=O) groups excluding carboxylic acids is 1. The maximum absolute atomic E-state index is 14.5. The fourth-order valence-electron chi connectivity index (χ4n) is 8.49. The van der Waals surface area contributed by atoms with Crippen LogP contribution in [0.4, 0.5) is 5.82 Å². The van der Waals surface area contributed by atoms with Crippen LogP contribution in [0.3, 0.4) is 0 Å². The number of hydrogen-bond acceptors (Lipinski definition) is 6. The normalized spacial score (nSPS) is 27.7. The second kappa shape index (κ2) is 12.2. The van der Waals surface area contributed by atoms with E-state index in [1.54, 1.807) is 18.4 Å². The molecule has 1 amide bonds. The van der Waals surface area contributed by atoms with E-state index in [1.165, 1.54) is 29.0 Å². The van der Waals surface area contributed by atoms with Gasteiger partial charge in [0, 0.05) is 37.2 Å². The van der Waals surface area contributed by atoms with Gasteiger partial charge in [-0.15, -0.1) is 11.3 Å². The van der Waals surface area contributed by atoms with Crippen molar-refractivity contribution in [2.75, 3.05) is 18.6 Å². The summed E-state index contributed by atoms with van der Waals surface area (Å²) in [5.41, 5.74) is 3.99. The summed E-state index contributed by atoms with van der Waals surface area (Å²) in [5, 5.41) is 10.5. The molecule has 45 heavy (non-hydrogen) atoms. The van der Waals surface area contributed by atoms with Crippen molar-refractivity contribution in [2.24, 2.45) is 17.3 Å². The zero-order chi connectivity index (χ0) is 31.2. The number of hydrogen-bond donors (Lipinski definition) is 1. The topological polar surface area (TPSA) is 92.6 Å². The van der Waals surface area contributed by atoms with Gasteiger partial charge >= 0.3 is 5.97 Å². The smallest absolute Gasteiger partial charge is 0.303 e. The number of benzene rings is 1. The minimum absolute atomic E-state index is 0.0841. The Morgan fingerprint density at radius 2 is 1.71 bits per heavy atom. The van der Waals surface area contributed by atoms with Crippen LogP contribution in [0.2, 0.25) is 0 Å². The number of fused-ring (bicyclic) bond motifs is 3. The van der Waals surface area contributed by atoms with Gasteiger partial charge in [-0.1, -0.05) is 12.1 Å². The van der Waals surface area contributed by atoms with E-state index in [0.29, 0.717) is 12.5 Å². The summed E-state index contributed by atoms with van der Waals surface area (Å²) < 4.78 is 5.54. The maximum Gasteiger partial charge on any atom is 0.303 e. The standard InChI is InChI=1S/C37H45N3O4S/c1-24-19-29(9-10-30(24)44-2)37-15-12-36(13-16-37,14-17-37)23-40(35(43)27-5-3-25(4-6-27)20-33(41)42)32-21-28(11-18-38-32)31-22-39-34(45-31)26-7-8-26/h9-11,18-19,21-22,25-27H,3-8,12-17,20,23H2,1-2H3,(H,41,42). The van der Waals surface area contributed by atoms with Gasteiger partial charge < -0.3 is 9.84 Å². The van der Waals surface area contributed by atoms with Gasteiger partial charge in [0.25, 0.3) is 0 Å². The molecule has 1 N–H and O–H groups in total. The summed E-state index contributed by atoms with van der Waals surface area (Å²) in [5.74, 6) is 1.81.